The van der Waals surface area contributed by atoms with Crippen LogP contribution >= 0.6 is 0 Å². The molecule has 0 fully saturated rings. The maximum absolute atomic E-state index is 7.16. The molecule has 0 saturated heterocycles. The van der Waals surface area contributed by atoms with Crippen molar-refractivity contribution in [2.75, 3.05) is 4.90 Å². The van der Waals surface area contributed by atoms with Crippen molar-refractivity contribution in [2.24, 2.45) is 0 Å². The molecule has 63 heavy (non-hydrogen) atoms. The summed E-state index contributed by atoms with van der Waals surface area (Å²) in [4.78, 5) is 2.39. The number of para-hydroxylation sites is 2. The van der Waals surface area contributed by atoms with Gasteiger partial charge in [-0.2, -0.15) is 0 Å². The van der Waals surface area contributed by atoms with Gasteiger partial charge in [0.25, 0.3) is 0 Å². The minimum Gasteiger partial charge on any atom is -0.454 e. The summed E-state index contributed by atoms with van der Waals surface area (Å²) < 4.78 is 7.16. The first kappa shape index (κ1) is 36.9. The highest BCUT2D eigenvalue weighted by Gasteiger charge is 2.24. The highest BCUT2D eigenvalue weighted by Crippen LogP contribution is 2.48. The molecule has 0 aliphatic rings. The van der Waals surface area contributed by atoms with Crippen molar-refractivity contribution in [1.82, 2.24) is 0 Å². The Morgan fingerprint density at radius 1 is 0.349 bits per heavy atom. The summed E-state index contributed by atoms with van der Waals surface area (Å²) >= 11 is 0. The van der Waals surface area contributed by atoms with Crippen LogP contribution in [0.5, 0.6) is 0 Å². The van der Waals surface area contributed by atoms with Gasteiger partial charge >= 0.3 is 0 Å². The van der Waals surface area contributed by atoms with Crippen molar-refractivity contribution < 1.29 is 4.42 Å². The van der Waals surface area contributed by atoms with Gasteiger partial charge in [0.2, 0.25) is 0 Å². The topological polar surface area (TPSA) is 16.4 Å². The highest BCUT2D eigenvalue weighted by atomic mass is 16.3. The second-order valence-corrected chi connectivity index (χ2v) is 17.1. The first-order chi connectivity index (χ1) is 31.0. The summed E-state index contributed by atoms with van der Waals surface area (Å²) in [5.41, 5.74) is 13.3. The molecule has 2 heteroatoms. The number of nitrogens with zero attached hydrogens (tertiary/aromatic N) is 1. The molecule has 0 radical (unpaired) electrons. The number of hydrogen-bond acceptors (Lipinski definition) is 2. The highest BCUT2D eigenvalue weighted by molar-refractivity contribution is 6.22. The molecule has 0 unspecified atom stereocenters. The van der Waals surface area contributed by atoms with Crippen LogP contribution in [0.15, 0.2) is 223 Å². The fourth-order valence-corrected chi connectivity index (χ4v) is 9.72. The average Bonchev–Trinajstić information content (AvgIpc) is 3.74. The van der Waals surface area contributed by atoms with Crippen molar-refractivity contribution in [1.29, 1.82) is 0 Å². The van der Waals surface area contributed by atoms with Gasteiger partial charge in [-0.25, -0.2) is 0 Å². The van der Waals surface area contributed by atoms with E-state index in [1.165, 1.54) is 70.7 Å². The van der Waals surface area contributed by atoms with E-state index in [0.717, 1.165) is 50.3 Å². The van der Waals surface area contributed by atoms with Crippen LogP contribution < -0.4 is 4.90 Å². The third kappa shape index (κ3) is 6.34. The molecule has 2 nitrogen and oxygen atoms in total. The van der Waals surface area contributed by atoms with Gasteiger partial charge in [-0.05, 0) is 137 Å². The quantitative estimate of drug-likeness (QED) is 0.160. The largest absolute Gasteiger partial charge is 0.454 e. The number of rotatable bonds is 7. The second kappa shape index (κ2) is 14.9. The van der Waals surface area contributed by atoms with Crippen LogP contribution in [0.4, 0.5) is 17.1 Å². The molecule has 1 heterocycles. The van der Waals surface area contributed by atoms with Crippen molar-refractivity contribution in [3.8, 4) is 33.4 Å². The molecule has 1 aromatic heterocycles. The second-order valence-electron chi connectivity index (χ2n) is 17.1. The predicted octanol–water partition coefficient (Wildman–Crippen LogP) is 17.8. The number of hydrogen-bond donors (Lipinski definition) is 0. The van der Waals surface area contributed by atoms with E-state index in [1.807, 2.05) is 0 Å². The zero-order valence-electron chi connectivity index (χ0n) is 35.2. The SMILES string of the molecule is CC(C)c1cc2ccccc2c2c1oc1c(N(c3ccc(-c4ccc5cc(-c6ccc7ccccc7c6)ccc5c4)cc3)c3ccccc3-c3ccc4ccccc4c3)cccc12. The Kier molecular flexibility index (Phi) is 8.72. The number of fused-ring (bicyclic) bond motifs is 8. The lowest BCUT2D eigenvalue weighted by Gasteiger charge is -2.28. The van der Waals surface area contributed by atoms with E-state index in [1.54, 1.807) is 0 Å². The zero-order valence-corrected chi connectivity index (χ0v) is 35.2. The van der Waals surface area contributed by atoms with E-state index < -0.39 is 0 Å². The Balaban J connectivity index is 1.000. The van der Waals surface area contributed by atoms with Crippen LogP contribution in [0.1, 0.15) is 25.3 Å². The van der Waals surface area contributed by atoms with Gasteiger partial charge in [-0.15, -0.1) is 0 Å². The molecule has 0 aliphatic carbocycles. The van der Waals surface area contributed by atoms with E-state index >= 15 is 0 Å². The van der Waals surface area contributed by atoms with E-state index in [-0.39, 0.29) is 0 Å². The van der Waals surface area contributed by atoms with Crippen LogP contribution in [0, 0.1) is 0 Å². The normalized spacial score (nSPS) is 11.8. The summed E-state index contributed by atoms with van der Waals surface area (Å²) in [7, 11) is 0. The number of furan rings is 1. The molecule has 12 aromatic rings. The summed E-state index contributed by atoms with van der Waals surface area (Å²) in [6, 6.07) is 79.7. The van der Waals surface area contributed by atoms with Gasteiger partial charge in [0.15, 0.2) is 5.58 Å². The minimum atomic E-state index is 0.292. The Morgan fingerprint density at radius 3 is 1.49 bits per heavy atom. The van der Waals surface area contributed by atoms with Crippen LogP contribution in [0.2, 0.25) is 0 Å². The predicted molar refractivity (Wildman–Crippen MR) is 269 cm³/mol. The Labute approximate surface area is 366 Å². The van der Waals surface area contributed by atoms with E-state index in [9.17, 15) is 0 Å². The molecule has 0 aliphatic heterocycles. The molecular formula is C61H43NO. The molecular weight excluding hydrogens is 763 g/mol. The number of anilines is 3. The smallest absolute Gasteiger partial charge is 0.159 e. The van der Waals surface area contributed by atoms with Crippen LogP contribution in [0.3, 0.4) is 0 Å². The molecule has 0 spiro atoms. The number of benzene rings is 11. The van der Waals surface area contributed by atoms with E-state index in [0.29, 0.717) is 5.92 Å². The summed E-state index contributed by atoms with van der Waals surface area (Å²) in [5.74, 6) is 0.292. The standard InChI is InChI=1S/C61H43NO/c1-39(2)56-38-50-16-7-8-18-54(50)59-55-19-11-21-58(60(55)63-61(56)59)62(57-20-10-9-17-53(57)51-29-23-41-13-4-6-15-44(41)37-51)52-32-30-42(31-33-52)45-25-26-48-36-49(28-27-47(48)35-45)46-24-22-40-12-3-5-14-43(40)34-46/h3-39H,1-2H3. The Morgan fingerprint density at radius 2 is 0.825 bits per heavy atom. The van der Waals surface area contributed by atoms with Gasteiger partial charge in [0.05, 0.1) is 11.4 Å². The molecule has 298 valence electrons. The summed E-state index contributed by atoms with van der Waals surface area (Å²) in [6.07, 6.45) is 0. The maximum atomic E-state index is 7.16. The molecule has 11 aromatic carbocycles. The van der Waals surface area contributed by atoms with Gasteiger partial charge in [0.1, 0.15) is 5.58 Å². The summed E-state index contributed by atoms with van der Waals surface area (Å²) in [6.45, 7) is 4.51. The van der Waals surface area contributed by atoms with E-state index in [4.69, 9.17) is 4.42 Å². The monoisotopic (exact) mass is 805 g/mol. The van der Waals surface area contributed by atoms with Crippen molar-refractivity contribution in [3.63, 3.8) is 0 Å². The van der Waals surface area contributed by atoms with Crippen LogP contribution in [-0.2, 0) is 0 Å². The first-order valence-electron chi connectivity index (χ1n) is 21.9. The van der Waals surface area contributed by atoms with Crippen molar-refractivity contribution in [3.05, 3.63) is 224 Å². The molecule has 0 N–H and O–H groups in total. The minimum absolute atomic E-state index is 0.292. The molecule has 0 saturated carbocycles. The average molecular weight is 806 g/mol. The molecule has 0 bridgehead atoms. The van der Waals surface area contributed by atoms with Crippen LogP contribution in [0.25, 0.3) is 98.4 Å². The fraction of sp³-hybridized carbons (Fsp3) is 0.0492. The lowest BCUT2D eigenvalue weighted by Crippen LogP contribution is -2.11. The third-order valence-corrected chi connectivity index (χ3v) is 12.9. The van der Waals surface area contributed by atoms with Crippen LogP contribution in [-0.4, -0.2) is 0 Å². The third-order valence-electron chi connectivity index (χ3n) is 12.9. The fourth-order valence-electron chi connectivity index (χ4n) is 9.72. The molecule has 0 atom stereocenters. The lowest BCUT2D eigenvalue weighted by molar-refractivity contribution is 0.657. The Bertz CT molecular complexity index is 3720. The molecule has 12 rings (SSSR count). The van der Waals surface area contributed by atoms with Crippen molar-refractivity contribution >= 4 is 82.1 Å². The maximum Gasteiger partial charge on any atom is 0.159 e. The van der Waals surface area contributed by atoms with Gasteiger partial charge in [-0.1, -0.05) is 178 Å². The van der Waals surface area contributed by atoms with E-state index in [2.05, 4.69) is 237 Å². The Hall–Kier alpha value is -7.94. The summed E-state index contributed by atoms with van der Waals surface area (Å²) in [5, 5.41) is 12.1. The van der Waals surface area contributed by atoms with Gasteiger partial charge < -0.3 is 9.32 Å². The van der Waals surface area contributed by atoms with Crippen molar-refractivity contribution in [2.45, 2.75) is 19.8 Å². The van der Waals surface area contributed by atoms with Gasteiger partial charge in [0, 0.05) is 22.0 Å². The lowest BCUT2D eigenvalue weighted by atomic mass is 9.94. The molecule has 0 amide bonds. The zero-order chi connectivity index (χ0) is 42.0. The van der Waals surface area contributed by atoms with Gasteiger partial charge in [-0.3, -0.25) is 0 Å². The first-order valence-corrected chi connectivity index (χ1v) is 21.9.